The van der Waals surface area contributed by atoms with Crippen molar-refractivity contribution in [2.75, 3.05) is 31.6 Å². The summed E-state index contributed by atoms with van der Waals surface area (Å²) < 4.78 is 11.2. The van der Waals surface area contributed by atoms with Crippen LogP contribution in [0.25, 0.3) is 11.0 Å². The van der Waals surface area contributed by atoms with Crippen LogP contribution in [0, 0.1) is 0 Å². The first kappa shape index (κ1) is 21.0. The van der Waals surface area contributed by atoms with Crippen LogP contribution in [0.2, 0.25) is 0 Å². The highest BCUT2D eigenvalue weighted by molar-refractivity contribution is 6.08. The van der Waals surface area contributed by atoms with Crippen LogP contribution in [-0.4, -0.2) is 60.5 Å². The maximum atomic E-state index is 13.2. The summed E-state index contributed by atoms with van der Waals surface area (Å²) in [6.07, 6.45) is 1.46. The predicted octanol–water partition coefficient (Wildman–Crippen LogP) is 1.06. The number of amides is 6. The van der Waals surface area contributed by atoms with E-state index in [1.54, 1.807) is 30.3 Å². The molecule has 1 aromatic carbocycles. The molecule has 3 aliphatic heterocycles. The fourth-order valence-electron chi connectivity index (χ4n) is 4.72. The molecule has 2 fully saturated rings. The van der Waals surface area contributed by atoms with Crippen LogP contribution in [0.5, 0.6) is 5.75 Å². The molecule has 12 heteroatoms. The molecule has 12 nitrogen and oxygen atoms in total. The Bertz CT molecular complexity index is 1430. The Hall–Kier alpha value is -4.61. The summed E-state index contributed by atoms with van der Waals surface area (Å²) in [6.45, 7) is 1.11. The van der Waals surface area contributed by atoms with E-state index in [9.17, 15) is 19.2 Å². The topological polar surface area (TPSA) is 146 Å². The van der Waals surface area contributed by atoms with E-state index in [0.29, 0.717) is 41.2 Å². The smallest absolute Gasteiger partial charge is 0.323 e. The molecule has 0 bridgehead atoms. The Kier molecular flexibility index (Phi) is 4.46. The summed E-state index contributed by atoms with van der Waals surface area (Å²) >= 11 is 0. The van der Waals surface area contributed by atoms with Crippen LogP contribution < -0.4 is 25.6 Å². The quantitative estimate of drug-likeness (QED) is 0.467. The number of pyridine rings is 1. The van der Waals surface area contributed by atoms with Crippen molar-refractivity contribution in [1.29, 1.82) is 0 Å². The Labute approximate surface area is 198 Å². The van der Waals surface area contributed by atoms with Gasteiger partial charge >= 0.3 is 12.1 Å². The summed E-state index contributed by atoms with van der Waals surface area (Å²) in [4.78, 5) is 57.8. The van der Waals surface area contributed by atoms with Gasteiger partial charge in [0.1, 0.15) is 17.3 Å². The second-order valence-corrected chi connectivity index (χ2v) is 8.57. The van der Waals surface area contributed by atoms with Crippen molar-refractivity contribution in [2.24, 2.45) is 0 Å². The van der Waals surface area contributed by atoms with E-state index in [1.165, 1.54) is 23.1 Å². The molecule has 5 heterocycles. The Morgan fingerprint density at radius 2 is 2.03 bits per heavy atom. The van der Waals surface area contributed by atoms with Crippen molar-refractivity contribution in [1.82, 2.24) is 25.8 Å². The molecule has 1 atom stereocenters. The van der Waals surface area contributed by atoms with E-state index < -0.39 is 17.5 Å². The highest BCUT2D eigenvalue weighted by Crippen LogP contribution is 2.35. The lowest BCUT2D eigenvalue weighted by atomic mass is 9.95. The number of methoxy groups -OCH3 is 1. The molecule has 3 N–H and O–H groups in total. The molecule has 178 valence electrons. The molecular formula is C23H20N6O6. The van der Waals surface area contributed by atoms with Gasteiger partial charge in [0.2, 0.25) is 0 Å². The zero-order chi connectivity index (χ0) is 24.3. The number of nitrogens with one attached hydrogen (secondary N) is 3. The lowest BCUT2D eigenvalue weighted by molar-refractivity contribution is -0.125. The number of carbonyl (C=O) groups excluding carboxylic acids is 4. The Balaban J connectivity index is 1.37. The number of ether oxygens (including phenoxy) is 1. The zero-order valence-corrected chi connectivity index (χ0v) is 18.6. The second kappa shape index (κ2) is 7.45. The molecule has 3 aliphatic rings. The molecule has 0 saturated carbocycles. The number of benzene rings is 1. The number of hydrogen-bond acceptors (Lipinski definition) is 7. The molecule has 0 unspecified atom stereocenters. The molecule has 0 spiro atoms. The van der Waals surface area contributed by atoms with Gasteiger partial charge in [-0.3, -0.25) is 19.8 Å². The number of carbonyl (C=O) groups is 4. The third kappa shape index (κ3) is 3.17. The molecule has 2 aromatic heterocycles. The minimum Gasteiger partial charge on any atom is -0.497 e. The van der Waals surface area contributed by atoms with Gasteiger partial charge in [-0.15, -0.1) is 0 Å². The summed E-state index contributed by atoms with van der Waals surface area (Å²) in [5.41, 5.74) is 0.00494. The molecular weight excluding hydrogens is 456 g/mol. The largest absolute Gasteiger partial charge is 0.497 e. The first-order chi connectivity index (χ1) is 16.9. The maximum Gasteiger partial charge on any atom is 0.323 e. The van der Waals surface area contributed by atoms with Crippen molar-refractivity contribution in [3.8, 4) is 5.75 Å². The first-order valence-corrected chi connectivity index (χ1v) is 10.9. The van der Waals surface area contributed by atoms with E-state index in [1.807, 2.05) is 0 Å². The normalized spacial score (nSPS) is 21.4. The van der Waals surface area contributed by atoms with Crippen molar-refractivity contribution in [2.45, 2.75) is 12.1 Å². The van der Waals surface area contributed by atoms with Gasteiger partial charge in [0.15, 0.2) is 11.1 Å². The molecule has 6 rings (SSSR count). The number of aromatic nitrogens is 1. The van der Waals surface area contributed by atoms with Crippen LogP contribution in [0.3, 0.4) is 0 Å². The monoisotopic (exact) mass is 476 g/mol. The SMILES string of the molecule is COc1ccc2c(c1)C(=O)N(C[C@@]1(c3cc4cc(N5CCNC5=O)ncc4o3)NC(=O)NC1=O)C2. The lowest BCUT2D eigenvalue weighted by Crippen LogP contribution is -2.52. The van der Waals surface area contributed by atoms with Crippen LogP contribution >= 0.6 is 0 Å². The number of imide groups is 1. The van der Waals surface area contributed by atoms with E-state index >= 15 is 0 Å². The van der Waals surface area contributed by atoms with Gasteiger partial charge in [-0.25, -0.2) is 14.6 Å². The number of fused-ring (bicyclic) bond motifs is 2. The van der Waals surface area contributed by atoms with Crippen molar-refractivity contribution < 1.29 is 28.3 Å². The predicted molar refractivity (Wildman–Crippen MR) is 121 cm³/mol. The number of rotatable bonds is 5. The summed E-state index contributed by atoms with van der Waals surface area (Å²) in [5, 5.41) is 8.23. The van der Waals surface area contributed by atoms with Gasteiger partial charge in [-0.2, -0.15) is 0 Å². The third-order valence-corrected chi connectivity index (χ3v) is 6.51. The first-order valence-electron chi connectivity index (χ1n) is 10.9. The summed E-state index contributed by atoms with van der Waals surface area (Å²) in [7, 11) is 1.52. The van der Waals surface area contributed by atoms with Crippen molar-refractivity contribution in [3.63, 3.8) is 0 Å². The molecule has 0 radical (unpaired) electrons. The van der Waals surface area contributed by atoms with Gasteiger partial charge in [0.05, 0.1) is 19.9 Å². The van der Waals surface area contributed by atoms with Crippen LogP contribution in [0.4, 0.5) is 15.4 Å². The van der Waals surface area contributed by atoms with Gasteiger partial charge in [0, 0.05) is 30.6 Å². The molecule has 6 amide bonds. The Morgan fingerprint density at radius 1 is 1.17 bits per heavy atom. The van der Waals surface area contributed by atoms with Gasteiger partial charge < -0.3 is 24.7 Å². The molecule has 35 heavy (non-hydrogen) atoms. The van der Waals surface area contributed by atoms with Gasteiger partial charge in [-0.05, 0) is 29.8 Å². The maximum absolute atomic E-state index is 13.2. The highest BCUT2D eigenvalue weighted by Gasteiger charge is 2.53. The minimum atomic E-state index is -1.64. The summed E-state index contributed by atoms with van der Waals surface area (Å²) in [6, 6.07) is 7.59. The van der Waals surface area contributed by atoms with Crippen LogP contribution in [0.1, 0.15) is 21.7 Å². The van der Waals surface area contributed by atoms with E-state index in [2.05, 4.69) is 20.9 Å². The highest BCUT2D eigenvalue weighted by atomic mass is 16.5. The summed E-state index contributed by atoms with van der Waals surface area (Å²) in [5.74, 6) is 0.227. The number of nitrogens with zero attached hydrogens (tertiary/aromatic N) is 3. The van der Waals surface area contributed by atoms with E-state index in [4.69, 9.17) is 9.15 Å². The molecule has 3 aromatic rings. The van der Waals surface area contributed by atoms with Gasteiger partial charge in [-0.1, -0.05) is 6.07 Å². The zero-order valence-electron chi connectivity index (χ0n) is 18.6. The fourth-order valence-corrected chi connectivity index (χ4v) is 4.72. The molecule has 2 saturated heterocycles. The van der Waals surface area contributed by atoms with Gasteiger partial charge in [0.25, 0.3) is 11.8 Å². The number of urea groups is 2. The third-order valence-electron chi connectivity index (χ3n) is 6.51. The average Bonchev–Trinajstić information content (AvgIpc) is 3.60. The van der Waals surface area contributed by atoms with Crippen molar-refractivity contribution >= 4 is 40.7 Å². The van der Waals surface area contributed by atoms with E-state index in [0.717, 1.165) is 5.56 Å². The molecule has 0 aliphatic carbocycles. The second-order valence-electron chi connectivity index (χ2n) is 8.57. The standard InChI is InChI=1S/C23H20N6O6/c1-34-14-3-2-12-10-28(19(30)15(12)8-14)11-23(20(31)26-21(32)27-23)17-6-13-7-18(25-9-16(13)35-17)29-5-4-24-22(29)33/h2-3,6-9H,4-5,10-11H2,1H3,(H,24,33)(H2,26,27,31,32)/t23-/m0/s1. The fraction of sp³-hybridized carbons (Fsp3) is 0.261. The minimum absolute atomic E-state index is 0.144. The number of anilines is 1. The Morgan fingerprint density at radius 3 is 2.74 bits per heavy atom. The van der Waals surface area contributed by atoms with Crippen molar-refractivity contribution in [3.05, 3.63) is 53.4 Å². The average molecular weight is 476 g/mol. The lowest BCUT2D eigenvalue weighted by Gasteiger charge is -2.29. The number of furan rings is 1. The van der Waals surface area contributed by atoms with Crippen LogP contribution in [0.15, 0.2) is 40.9 Å². The number of hydrogen-bond donors (Lipinski definition) is 3. The van der Waals surface area contributed by atoms with Crippen LogP contribution in [-0.2, 0) is 16.9 Å². The van der Waals surface area contributed by atoms with E-state index in [-0.39, 0.29) is 30.8 Å².